The third-order valence-corrected chi connectivity index (χ3v) is 9.76. The van der Waals surface area contributed by atoms with Crippen molar-refractivity contribution in [3.63, 3.8) is 0 Å². The van der Waals surface area contributed by atoms with Crippen LogP contribution in [0.4, 0.5) is 0 Å². The zero-order valence-corrected chi connectivity index (χ0v) is 12.7. The van der Waals surface area contributed by atoms with E-state index in [0.717, 1.165) is 9.19 Å². The fraction of sp³-hybridized carbons (Fsp3) is 0.417. The number of hydrogen-bond acceptors (Lipinski definition) is 1. The van der Waals surface area contributed by atoms with Crippen molar-refractivity contribution in [1.82, 2.24) is 0 Å². The van der Waals surface area contributed by atoms with Gasteiger partial charge in [0.25, 0.3) is 0 Å². The monoisotopic (exact) mass is 386 g/mol. The van der Waals surface area contributed by atoms with Crippen LogP contribution in [0.25, 0.3) is 0 Å². The summed E-state index contributed by atoms with van der Waals surface area (Å²) in [5, 5.41) is 0. The van der Waals surface area contributed by atoms with Crippen LogP contribution < -0.4 is 0 Å². The molecular formula is C12H17BiO. The van der Waals surface area contributed by atoms with Crippen molar-refractivity contribution in [2.45, 2.75) is 26.7 Å². The van der Waals surface area contributed by atoms with Crippen LogP contribution in [0.1, 0.15) is 33.4 Å². The average Bonchev–Trinajstić information content (AvgIpc) is 2.16. The summed E-state index contributed by atoms with van der Waals surface area (Å²) in [7, 11) is 0. The molecule has 0 heterocycles. The molecule has 0 bridgehead atoms. The molecule has 14 heavy (non-hydrogen) atoms. The Labute approximate surface area is 94.2 Å². The van der Waals surface area contributed by atoms with Gasteiger partial charge in [0.1, 0.15) is 0 Å². The van der Waals surface area contributed by atoms with E-state index in [4.69, 9.17) is 0 Å². The van der Waals surface area contributed by atoms with Crippen LogP contribution in [0.3, 0.4) is 0 Å². The van der Waals surface area contributed by atoms with Gasteiger partial charge in [0, 0.05) is 0 Å². The predicted molar refractivity (Wildman–Crippen MR) is 62.3 cm³/mol. The van der Waals surface area contributed by atoms with E-state index in [2.05, 4.69) is 28.3 Å². The second-order valence-corrected chi connectivity index (χ2v) is 14.3. The summed E-state index contributed by atoms with van der Waals surface area (Å²) in [6.45, 7) is 3.92. The first kappa shape index (κ1) is 11.8. The maximum atomic E-state index is 11.1. The number of Topliss-reactive ketones (excluding diaryl/α,β-unsaturated/α-hetero) is 1. The molecule has 1 rings (SSSR count). The van der Waals surface area contributed by atoms with Crippen molar-refractivity contribution in [1.29, 1.82) is 0 Å². The SMILES string of the molecule is CC(=O)c1ccc([CH](C)[Bi]([CH3])[CH3])cc1. The molecule has 0 N–H and O–H groups in total. The van der Waals surface area contributed by atoms with Crippen molar-refractivity contribution >= 4 is 27.5 Å². The van der Waals surface area contributed by atoms with Gasteiger partial charge < -0.3 is 0 Å². The predicted octanol–water partition coefficient (Wildman–Crippen LogP) is 3.29. The first-order valence-corrected chi connectivity index (χ1v) is 13.8. The van der Waals surface area contributed by atoms with E-state index in [9.17, 15) is 4.79 Å². The van der Waals surface area contributed by atoms with Gasteiger partial charge in [-0.2, -0.15) is 0 Å². The van der Waals surface area contributed by atoms with Gasteiger partial charge in [-0.15, -0.1) is 0 Å². The fourth-order valence-electron chi connectivity index (χ4n) is 1.29. The molecule has 0 spiro atoms. The first-order chi connectivity index (χ1) is 6.52. The Morgan fingerprint density at radius 1 is 1.21 bits per heavy atom. The zero-order chi connectivity index (χ0) is 10.7. The molecule has 0 saturated heterocycles. The quantitative estimate of drug-likeness (QED) is 0.576. The molecule has 0 saturated carbocycles. The Kier molecular flexibility index (Phi) is 4.25. The van der Waals surface area contributed by atoms with Crippen LogP contribution in [-0.2, 0) is 0 Å². The summed E-state index contributed by atoms with van der Waals surface area (Å²) in [5.74, 6) is 0.150. The number of carbonyl (C=O) groups excluding carboxylic acids is 1. The molecule has 76 valence electrons. The Morgan fingerprint density at radius 2 is 1.71 bits per heavy atom. The number of ketones is 1. The van der Waals surface area contributed by atoms with Crippen molar-refractivity contribution in [2.24, 2.45) is 0 Å². The van der Waals surface area contributed by atoms with Crippen LogP contribution >= 0.6 is 0 Å². The molecule has 1 nitrogen and oxygen atoms in total. The number of benzene rings is 1. The van der Waals surface area contributed by atoms with Crippen LogP contribution in [0.15, 0.2) is 24.3 Å². The number of hydrogen-bond donors (Lipinski definition) is 0. The van der Waals surface area contributed by atoms with Crippen LogP contribution in [0, 0.1) is 0 Å². The molecule has 2 heteroatoms. The number of rotatable bonds is 3. The molecule has 0 amide bonds. The van der Waals surface area contributed by atoms with E-state index in [-0.39, 0.29) is 5.78 Å². The van der Waals surface area contributed by atoms with Gasteiger partial charge in [-0.1, -0.05) is 0 Å². The van der Waals surface area contributed by atoms with Gasteiger partial charge in [-0.25, -0.2) is 0 Å². The van der Waals surface area contributed by atoms with Crippen molar-refractivity contribution < 1.29 is 4.79 Å². The molecule has 1 aromatic rings. The molecule has 0 radical (unpaired) electrons. The fourth-order valence-corrected chi connectivity index (χ4v) is 4.28. The van der Waals surface area contributed by atoms with E-state index >= 15 is 0 Å². The number of carbonyl (C=O) groups is 1. The molecular weight excluding hydrogens is 369 g/mol. The Bertz CT molecular complexity index is 314. The molecule has 0 fully saturated rings. The molecule has 0 aliphatic heterocycles. The van der Waals surface area contributed by atoms with Gasteiger partial charge >= 0.3 is 94.5 Å². The third-order valence-electron chi connectivity index (χ3n) is 2.57. The third kappa shape index (κ3) is 2.88. The van der Waals surface area contributed by atoms with Gasteiger partial charge in [0.05, 0.1) is 0 Å². The van der Waals surface area contributed by atoms with Crippen molar-refractivity contribution in [3.05, 3.63) is 35.4 Å². The maximum absolute atomic E-state index is 11.1. The molecule has 1 unspecified atom stereocenters. The molecule has 0 aliphatic rings. The molecule has 0 aliphatic carbocycles. The minimum atomic E-state index is -1.20. The van der Waals surface area contributed by atoms with Crippen molar-refractivity contribution in [2.75, 3.05) is 0 Å². The van der Waals surface area contributed by atoms with Crippen molar-refractivity contribution in [3.8, 4) is 0 Å². The standard InChI is InChI=1S/C10H11O.2CH3.Bi/c1-3-9-4-6-10(7-5-9)8(2)11;;;/h3-7H,1-2H3;2*1H3;. The summed E-state index contributed by atoms with van der Waals surface area (Å²) in [5.41, 5.74) is 2.22. The first-order valence-electron chi connectivity index (χ1n) is 4.79. The van der Waals surface area contributed by atoms with E-state index in [1.807, 2.05) is 12.1 Å². The second kappa shape index (κ2) is 5.02. The average molecular weight is 386 g/mol. The molecule has 1 aromatic carbocycles. The second-order valence-electron chi connectivity index (χ2n) is 3.82. The van der Waals surface area contributed by atoms with E-state index in [1.54, 1.807) is 6.92 Å². The summed E-state index contributed by atoms with van der Waals surface area (Å²) in [4.78, 5) is 11.1. The van der Waals surface area contributed by atoms with Crippen LogP contribution in [0.2, 0.25) is 9.26 Å². The Balaban J connectivity index is 2.88. The Morgan fingerprint density at radius 3 is 2.07 bits per heavy atom. The summed E-state index contributed by atoms with van der Waals surface area (Å²) in [6.07, 6.45) is 0. The normalized spacial score (nSPS) is 12.9. The van der Waals surface area contributed by atoms with Gasteiger partial charge in [-0.05, 0) is 0 Å². The summed E-state index contributed by atoms with van der Waals surface area (Å²) < 4.78 is 5.59. The summed E-state index contributed by atoms with van der Waals surface area (Å²) >= 11 is -1.20. The van der Waals surface area contributed by atoms with Gasteiger partial charge in [0.2, 0.25) is 0 Å². The topological polar surface area (TPSA) is 17.1 Å². The van der Waals surface area contributed by atoms with E-state index < -0.39 is 21.8 Å². The minimum absolute atomic E-state index is 0.150. The van der Waals surface area contributed by atoms with Gasteiger partial charge in [0.15, 0.2) is 0 Å². The molecule has 0 aromatic heterocycles. The van der Waals surface area contributed by atoms with E-state index in [0.29, 0.717) is 0 Å². The van der Waals surface area contributed by atoms with E-state index in [1.165, 1.54) is 5.56 Å². The van der Waals surface area contributed by atoms with Crippen LogP contribution in [-0.4, -0.2) is 27.5 Å². The zero-order valence-electron chi connectivity index (χ0n) is 9.24. The van der Waals surface area contributed by atoms with Crippen LogP contribution in [0.5, 0.6) is 0 Å². The molecule has 1 atom stereocenters. The van der Waals surface area contributed by atoms with Gasteiger partial charge in [-0.3, -0.25) is 0 Å². The Hall–Kier alpha value is -0.227. The summed E-state index contributed by atoms with van der Waals surface area (Å²) in [6, 6.07) is 8.11.